The number of benzene rings is 1. The average molecular weight is 323 g/mol. The van der Waals surface area contributed by atoms with Gasteiger partial charge in [0.05, 0.1) is 16.5 Å². The molecule has 0 atom stereocenters. The van der Waals surface area contributed by atoms with E-state index < -0.39 is 9.05 Å². The van der Waals surface area contributed by atoms with E-state index in [2.05, 4.69) is 15.9 Å². The average Bonchev–Trinajstić information content (AvgIpc) is 2.25. The first-order valence-corrected chi connectivity index (χ1v) is 7.93. The van der Waals surface area contributed by atoms with Gasteiger partial charge in [-0.1, -0.05) is 22.9 Å². The lowest BCUT2D eigenvalue weighted by atomic mass is 10.0. The fourth-order valence-electron chi connectivity index (χ4n) is 1.39. The molecule has 0 bridgehead atoms. The molecule has 6 heteroatoms. The summed E-state index contributed by atoms with van der Waals surface area (Å²) in [5, 5.41) is 9.26. The molecule has 0 aliphatic carbocycles. The first kappa shape index (κ1) is 13.5. The zero-order valence-corrected chi connectivity index (χ0v) is 11.7. The summed E-state index contributed by atoms with van der Waals surface area (Å²) >= 11 is 3.18. The van der Waals surface area contributed by atoms with Crippen LogP contribution in [0.15, 0.2) is 17.0 Å². The highest BCUT2D eigenvalue weighted by molar-refractivity contribution is 9.08. The normalized spacial score (nSPS) is 11.1. The summed E-state index contributed by atoms with van der Waals surface area (Å²) in [7, 11) is 1.57. The molecule has 1 aromatic rings. The van der Waals surface area contributed by atoms with Gasteiger partial charge in [-0.25, -0.2) is 8.42 Å². The minimum Gasteiger partial charge on any atom is -0.207 e. The zero-order chi connectivity index (χ0) is 12.3. The Morgan fingerprint density at radius 3 is 2.44 bits per heavy atom. The van der Waals surface area contributed by atoms with Gasteiger partial charge < -0.3 is 0 Å². The Balaban J connectivity index is 3.58. The number of nitriles is 1. The zero-order valence-electron chi connectivity index (χ0n) is 8.50. The highest BCUT2D eigenvalue weighted by Crippen LogP contribution is 2.26. The van der Waals surface area contributed by atoms with Crippen LogP contribution in [-0.2, 0) is 20.8 Å². The maximum Gasteiger partial charge on any atom is 0.261 e. The topological polar surface area (TPSA) is 57.9 Å². The van der Waals surface area contributed by atoms with Crippen LogP contribution in [0.1, 0.15) is 23.6 Å². The summed E-state index contributed by atoms with van der Waals surface area (Å²) in [4.78, 5) is 0.0712. The second-order valence-corrected chi connectivity index (χ2v) is 6.25. The lowest BCUT2D eigenvalue weighted by Gasteiger charge is -2.08. The van der Waals surface area contributed by atoms with Crippen molar-refractivity contribution in [1.29, 1.82) is 5.26 Å². The van der Waals surface area contributed by atoms with Gasteiger partial charge in [-0.3, -0.25) is 0 Å². The maximum absolute atomic E-state index is 11.3. The number of nitrogens with zero attached hydrogens (tertiary/aromatic N) is 1. The molecule has 1 rings (SSSR count). The van der Waals surface area contributed by atoms with Gasteiger partial charge in [0.2, 0.25) is 0 Å². The molecular weight excluding hydrogens is 314 g/mol. The summed E-state index contributed by atoms with van der Waals surface area (Å²) in [6, 6.07) is 5.07. The van der Waals surface area contributed by atoms with Crippen LogP contribution in [0.25, 0.3) is 0 Å². The SMILES string of the molecule is CCc1cc(S(=O)(=O)Cl)c(CBr)cc1C#N. The van der Waals surface area contributed by atoms with E-state index >= 15 is 0 Å². The molecule has 0 radical (unpaired) electrons. The molecule has 0 saturated carbocycles. The standard InChI is InChI=1S/C10H9BrClNO2S/c1-2-7-4-10(16(12,14)15)8(5-11)3-9(7)6-13/h3-4H,2,5H2,1H3. The quantitative estimate of drug-likeness (QED) is 0.635. The highest BCUT2D eigenvalue weighted by Gasteiger charge is 2.17. The lowest BCUT2D eigenvalue weighted by molar-refractivity contribution is 0.609. The van der Waals surface area contributed by atoms with Crippen LogP contribution in [0.3, 0.4) is 0 Å². The van der Waals surface area contributed by atoms with Crippen molar-refractivity contribution in [2.45, 2.75) is 23.6 Å². The smallest absolute Gasteiger partial charge is 0.207 e. The predicted octanol–water partition coefficient (Wildman–Crippen LogP) is 2.94. The fourth-order valence-corrected chi connectivity index (χ4v) is 3.20. The van der Waals surface area contributed by atoms with E-state index in [0.29, 0.717) is 28.4 Å². The molecule has 0 N–H and O–H groups in total. The van der Waals surface area contributed by atoms with Crippen molar-refractivity contribution in [2.75, 3.05) is 0 Å². The Morgan fingerprint density at radius 2 is 2.06 bits per heavy atom. The first-order chi connectivity index (χ1) is 7.43. The third-order valence-electron chi connectivity index (χ3n) is 2.19. The second-order valence-electron chi connectivity index (χ2n) is 3.15. The van der Waals surface area contributed by atoms with Crippen LogP contribution in [0, 0.1) is 11.3 Å². The van der Waals surface area contributed by atoms with Gasteiger partial charge in [0.1, 0.15) is 0 Å². The predicted molar refractivity (Wildman–Crippen MR) is 66.2 cm³/mol. The minimum atomic E-state index is -3.77. The van der Waals surface area contributed by atoms with Crippen LogP contribution in [0.5, 0.6) is 0 Å². The Labute approximate surface area is 108 Å². The molecule has 0 saturated heterocycles. The molecular formula is C10H9BrClNO2S. The lowest BCUT2D eigenvalue weighted by Crippen LogP contribution is -2.00. The molecule has 86 valence electrons. The van der Waals surface area contributed by atoms with Gasteiger partial charge in [-0.15, -0.1) is 0 Å². The molecule has 0 amide bonds. The van der Waals surface area contributed by atoms with Crippen molar-refractivity contribution in [3.05, 3.63) is 28.8 Å². The van der Waals surface area contributed by atoms with Crippen LogP contribution in [0.4, 0.5) is 0 Å². The summed E-state index contributed by atoms with van der Waals surface area (Å²) in [6.45, 7) is 1.86. The number of hydrogen-bond donors (Lipinski definition) is 0. The molecule has 0 fully saturated rings. The van der Waals surface area contributed by atoms with Crippen LogP contribution in [0.2, 0.25) is 0 Å². The minimum absolute atomic E-state index is 0.0712. The van der Waals surface area contributed by atoms with E-state index in [1.54, 1.807) is 6.07 Å². The van der Waals surface area contributed by atoms with E-state index in [4.69, 9.17) is 15.9 Å². The van der Waals surface area contributed by atoms with Gasteiger partial charge in [-0.2, -0.15) is 5.26 Å². The van der Waals surface area contributed by atoms with Crippen molar-refractivity contribution in [1.82, 2.24) is 0 Å². The molecule has 0 aliphatic rings. The Morgan fingerprint density at radius 1 is 1.44 bits per heavy atom. The van der Waals surface area contributed by atoms with Crippen molar-refractivity contribution >= 4 is 35.7 Å². The van der Waals surface area contributed by atoms with Crippen LogP contribution in [-0.4, -0.2) is 8.42 Å². The Hall–Kier alpha value is -0.570. The Kier molecular flexibility index (Phi) is 4.36. The first-order valence-electron chi connectivity index (χ1n) is 4.50. The number of rotatable bonds is 3. The molecule has 1 aromatic carbocycles. The number of halogens is 2. The fraction of sp³-hybridized carbons (Fsp3) is 0.300. The van der Waals surface area contributed by atoms with Gasteiger partial charge in [0.25, 0.3) is 9.05 Å². The molecule has 16 heavy (non-hydrogen) atoms. The molecule has 0 unspecified atom stereocenters. The number of alkyl halides is 1. The molecule has 0 spiro atoms. The van der Waals surface area contributed by atoms with E-state index in [0.717, 1.165) is 0 Å². The van der Waals surface area contributed by atoms with E-state index in [1.807, 2.05) is 13.0 Å². The highest BCUT2D eigenvalue weighted by atomic mass is 79.9. The summed E-state index contributed by atoms with van der Waals surface area (Å²) in [5.41, 5.74) is 1.68. The van der Waals surface area contributed by atoms with Gasteiger partial charge in [-0.05, 0) is 29.7 Å². The van der Waals surface area contributed by atoms with Gasteiger partial charge in [0, 0.05) is 16.0 Å². The second kappa shape index (κ2) is 5.17. The number of aryl methyl sites for hydroxylation is 1. The van der Waals surface area contributed by atoms with E-state index in [-0.39, 0.29) is 4.90 Å². The molecule has 0 heterocycles. The van der Waals surface area contributed by atoms with Crippen LogP contribution >= 0.6 is 26.6 Å². The van der Waals surface area contributed by atoms with E-state index in [9.17, 15) is 8.42 Å². The largest absolute Gasteiger partial charge is 0.261 e. The van der Waals surface area contributed by atoms with Gasteiger partial charge >= 0.3 is 0 Å². The van der Waals surface area contributed by atoms with Crippen molar-refractivity contribution in [3.63, 3.8) is 0 Å². The van der Waals surface area contributed by atoms with Gasteiger partial charge in [0.15, 0.2) is 0 Å². The van der Waals surface area contributed by atoms with Crippen molar-refractivity contribution < 1.29 is 8.42 Å². The monoisotopic (exact) mass is 321 g/mol. The molecule has 0 aromatic heterocycles. The van der Waals surface area contributed by atoms with E-state index in [1.165, 1.54) is 6.07 Å². The maximum atomic E-state index is 11.3. The summed E-state index contributed by atoms with van der Waals surface area (Å²) < 4.78 is 22.7. The third-order valence-corrected chi connectivity index (χ3v) is 4.20. The number of hydrogen-bond acceptors (Lipinski definition) is 3. The third kappa shape index (κ3) is 2.76. The summed E-state index contributed by atoms with van der Waals surface area (Å²) in [6.07, 6.45) is 0.588. The Bertz CT molecular complexity index is 549. The molecule has 0 aliphatic heterocycles. The summed E-state index contributed by atoms with van der Waals surface area (Å²) in [5.74, 6) is 0. The van der Waals surface area contributed by atoms with Crippen LogP contribution < -0.4 is 0 Å². The van der Waals surface area contributed by atoms with Crippen molar-refractivity contribution in [2.24, 2.45) is 0 Å². The molecule has 3 nitrogen and oxygen atoms in total. The van der Waals surface area contributed by atoms with Crippen molar-refractivity contribution in [3.8, 4) is 6.07 Å².